The molecule has 1 aliphatic rings. The van der Waals surface area contributed by atoms with Gasteiger partial charge in [0.25, 0.3) is 0 Å². The Hall–Kier alpha value is -0.610. The number of nitrogens with one attached hydrogen (secondary N) is 1. The summed E-state index contributed by atoms with van der Waals surface area (Å²) in [7, 11) is 1.85. The molecule has 0 radical (unpaired) electrons. The van der Waals surface area contributed by atoms with Crippen LogP contribution in [0.5, 0.6) is 0 Å². The van der Waals surface area contributed by atoms with Crippen molar-refractivity contribution in [3.8, 4) is 0 Å². The molecule has 1 amide bonds. The topological polar surface area (TPSA) is 41.6 Å². The SMILES string of the molecule is CCCCN(C)C(=O)COCCC1CCCCN1. The maximum atomic E-state index is 11.7. The van der Waals surface area contributed by atoms with Crippen molar-refractivity contribution in [1.82, 2.24) is 10.2 Å². The van der Waals surface area contributed by atoms with Crippen LogP contribution in [0.4, 0.5) is 0 Å². The summed E-state index contributed by atoms with van der Waals surface area (Å²) in [5.41, 5.74) is 0. The first-order valence-electron chi connectivity index (χ1n) is 7.29. The molecule has 0 saturated carbocycles. The zero-order valence-electron chi connectivity index (χ0n) is 11.9. The Labute approximate surface area is 111 Å². The minimum atomic E-state index is 0.0973. The third kappa shape index (κ3) is 6.36. The Kier molecular flexibility index (Phi) is 8.01. The number of carbonyl (C=O) groups excluding carboxylic acids is 1. The van der Waals surface area contributed by atoms with Crippen LogP contribution in [0.3, 0.4) is 0 Å². The van der Waals surface area contributed by atoms with Gasteiger partial charge < -0.3 is 15.0 Å². The summed E-state index contributed by atoms with van der Waals surface area (Å²) < 4.78 is 5.47. The summed E-state index contributed by atoms with van der Waals surface area (Å²) in [6.07, 6.45) is 7.05. The third-order valence-corrected chi connectivity index (χ3v) is 3.52. The molecule has 18 heavy (non-hydrogen) atoms. The van der Waals surface area contributed by atoms with E-state index in [4.69, 9.17) is 4.74 Å². The highest BCUT2D eigenvalue weighted by Crippen LogP contribution is 2.09. The molecule has 1 atom stereocenters. The molecule has 0 aliphatic carbocycles. The lowest BCUT2D eigenvalue weighted by molar-refractivity contribution is -0.134. The predicted molar refractivity (Wildman–Crippen MR) is 73.6 cm³/mol. The highest BCUT2D eigenvalue weighted by Gasteiger charge is 2.13. The molecule has 1 fully saturated rings. The van der Waals surface area contributed by atoms with Crippen LogP contribution in [0.2, 0.25) is 0 Å². The zero-order valence-corrected chi connectivity index (χ0v) is 11.9. The van der Waals surface area contributed by atoms with Gasteiger partial charge in [-0.1, -0.05) is 19.8 Å². The average molecular weight is 256 g/mol. The van der Waals surface area contributed by atoms with E-state index in [9.17, 15) is 4.79 Å². The minimum absolute atomic E-state index is 0.0973. The summed E-state index contributed by atoms with van der Waals surface area (Å²) in [6.45, 7) is 5.01. The second kappa shape index (κ2) is 9.34. The second-order valence-electron chi connectivity index (χ2n) is 5.16. The standard InChI is InChI=1S/C14H28N2O2/c1-3-4-10-16(2)14(17)12-18-11-8-13-7-5-6-9-15-13/h13,15H,3-12H2,1-2H3. The maximum Gasteiger partial charge on any atom is 0.248 e. The van der Waals surface area contributed by atoms with Crippen LogP contribution >= 0.6 is 0 Å². The number of amides is 1. The van der Waals surface area contributed by atoms with E-state index in [-0.39, 0.29) is 12.5 Å². The summed E-state index contributed by atoms with van der Waals surface area (Å²) in [4.78, 5) is 13.5. The Bertz CT molecular complexity index is 228. The van der Waals surface area contributed by atoms with Crippen molar-refractivity contribution < 1.29 is 9.53 Å². The number of hydrogen-bond donors (Lipinski definition) is 1. The first kappa shape index (κ1) is 15.4. The molecule has 1 unspecified atom stereocenters. The predicted octanol–water partition coefficient (Wildman–Crippen LogP) is 1.79. The van der Waals surface area contributed by atoms with E-state index in [0.29, 0.717) is 12.6 Å². The number of carbonyl (C=O) groups is 1. The molecule has 4 nitrogen and oxygen atoms in total. The zero-order chi connectivity index (χ0) is 13.2. The molecule has 0 aromatic carbocycles. The molecule has 1 saturated heterocycles. The molecule has 106 valence electrons. The van der Waals surface area contributed by atoms with Gasteiger partial charge in [0.05, 0.1) is 0 Å². The molecular formula is C14H28N2O2. The van der Waals surface area contributed by atoms with Crippen LogP contribution in [0.25, 0.3) is 0 Å². The quantitative estimate of drug-likeness (QED) is 0.673. The second-order valence-corrected chi connectivity index (χ2v) is 5.16. The molecule has 0 spiro atoms. The van der Waals surface area contributed by atoms with Crippen molar-refractivity contribution >= 4 is 5.91 Å². The van der Waals surface area contributed by atoms with Gasteiger partial charge in [-0.15, -0.1) is 0 Å². The molecule has 4 heteroatoms. The van der Waals surface area contributed by atoms with Gasteiger partial charge in [0.1, 0.15) is 6.61 Å². The fourth-order valence-electron chi connectivity index (χ4n) is 2.19. The fourth-order valence-corrected chi connectivity index (χ4v) is 2.19. The lowest BCUT2D eigenvalue weighted by Gasteiger charge is -2.23. The Morgan fingerprint density at radius 3 is 2.94 bits per heavy atom. The van der Waals surface area contributed by atoms with Crippen molar-refractivity contribution in [2.75, 3.05) is 33.4 Å². The smallest absolute Gasteiger partial charge is 0.248 e. The van der Waals surface area contributed by atoms with Gasteiger partial charge >= 0.3 is 0 Å². The number of nitrogens with zero attached hydrogens (tertiary/aromatic N) is 1. The number of likely N-dealkylation sites (N-methyl/N-ethyl adjacent to an activating group) is 1. The molecule has 1 heterocycles. The Morgan fingerprint density at radius 1 is 1.44 bits per heavy atom. The third-order valence-electron chi connectivity index (χ3n) is 3.52. The molecule has 1 rings (SSSR count). The van der Waals surface area contributed by atoms with E-state index in [2.05, 4.69) is 12.2 Å². The minimum Gasteiger partial charge on any atom is -0.372 e. The normalized spacial score (nSPS) is 19.8. The molecule has 0 bridgehead atoms. The Balaban J connectivity index is 2.00. The number of unbranched alkanes of at least 4 members (excludes halogenated alkanes) is 1. The fraction of sp³-hybridized carbons (Fsp3) is 0.929. The van der Waals surface area contributed by atoms with Gasteiger partial charge in [0.15, 0.2) is 0 Å². The van der Waals surface area contributed by atoms with Gasteiger partial charge in [-0.2, -0.15) is 0 Å². The van der Waals surface area contributed by atoms with Gasteiger partial charge in [0.2, 0.25) is 5.91 Å². The lowest BCUT2D eigenvalue weighted by Crippen LogP contribution is -2.35. The summed E-state index contributed by atoms with van der Waals surface area (Å²) >= 11 is 0. The van der Waals surface area contributed by atoms with Crippen LogP contribution in [0, 0.1) is 0 Å². The van der Waals surface area contributed by atoms with E-state index < -0.39 is 0 Å². The van der Waals surface area contributed by atoms with E-state index in [1.54, 1.807) is 4.90 Å². The van der Waals surface area contributed by atoms with E-state index in [1.165, 1.54) is 19.3 Å². The molecule has 1 aliphatic heterocycles. The van der Waals surface area contributed by atoms with Crippen LogP contribution in [-0.2, 0) is 9.53 Å². The van der Waals surface area contributed by atoms with Crippen molar-refractivity contribution in [2.24, 2.45) is 0 Å². The molecule has 0 aromatic heterocycles. The highest BCUT2D eigenvalue weighted by molar-refractivity contribution is 5.77. The summed E-state index contributed by atoms with van der Waals surface area (Å²) in [5, 5.41) is 3.48. The molecule has 1 N–H and O–H groups in total. The number of rotatable bonds is 8. The van der Waals surface area contributed by atoms with Crippen LogP contribution in [0.15, 0.2) is 0 Å². The Morgan fingerprint density at radius 2 is 2.28 bits per heavy atom. The van der Waals surface area contributed by atoms with E-state index in [1.807, 2.05) is 7.05 Å². The maximum absolute atomic E-state index is 11.7. The number of piperidine rings is 1. The first-order valence-corrected chi connectivity index (χ1v) is 7.29. The van der Waals surface area contributed by atoms with Crippen molar-refractivity contribution in [2.45, 2.75) is 51.5 Å². The highest BCUT2D eigenvalue weighted by atomic mass is 16.5. The first-order chi connectivity index (χ1) is 8.74. The van der Waals surface area contributed by atoms with Gasteiger partial charge in [-0.3, -0.25) is 4.79 Å². The number of hydrogen-bond acceptors (Lipinski definition) is 3. The van der Waals surface area contributed by atoms with Gasteiger partial charge in [-0.25, -0.2) is 0 Å². The van der Waals surface area contributed by atoms with Crippen LogP contribution in [-0.4, -0.2) is 50.2 Å². The monoisotopic (exact) mass is 256 g/mol. The van der Waals surface area contributed by atoms with Crippen LogP contribution in [0.1, 0.15) is 45.4 Å². The van der Waals surface area contributed by atoms with Crippen molar-refractivity contribution in [3.05, 3.63) is 0 Å². The summed E-state index contributed by atoms with van der Waals surface area (Å²) in [6, 6.07) is 0.590. The summed E-state index contributed by atoms with van der Waals surface area (Å²) in [5.74, 6) is 0.0973. The van der Waals surface area contributed by atoms with Gasteiger partial charge in [0, 0.05) is 26.2 Å². The van der Waals surface area contributed by atoms with Gasteiger partial charge in [-0.05, 0) is 32.2 Å². The average Bonchev–Trinajstić information content (AvgIpc) is 2.41. The van der Waals surface area contributed by atoms with Crippen molar-refractivity contribution in [1.29, 1.82) is 0 Å². The van der Waals surface area contributed by atoms with Crippen molar-refractivity contribution in [3.63, 3.8) is 0 Å². The van der Waals surface area contributed by atoms with Crippen LogP contribution < -0.4 is 5.32 Å². The largest absolute Gasteiger partial charge is 0.372 e. The van der Waals surface area contributed by atoms with E-state index in [0.717, 1.165) is 32.4 Å². The molecule has 0 aromatic rings. The number of ether oxygens (including phenoxy) is 1. The lowest BCUT2D eigenvalue weighted by atomic mass is 10.0. The molecular weight excluding hydrogens is 228 g/mol. The van der Waals surface area contributed by atoms with E-state index >= 15 is 0 Å².